The van der Waals surface area contributed by atoms with Crippen molar-refractivity contribution in [3.8, 4) is 5.75 Å². The van der Waals surface area contributed by atoms with Gasteiger partial charge in [0.2, 0.25) is 11.8 Å². The molecule has 2 N–H and O–H groups in total. The lowest BCUT2D eigenvalue weighted by Gasteiger charge is -2.39. The van der Waals surface area contributed by atoms with Crippen LogP contribution in [0.25, 0.3) is 0 Å². The van der Waals surface area contributed by atoms with Gasteiger partial charge in [0.1, 0.15) is 5.75 Å². The molecular weight excluding hydrogens is 332 g/mol. The SMILES string of the molecule is O=C(CN1CCCCC1=O)N[C@H](c1ccc2c(c1)CCO2)C1CC(O)C1. The van der Waals surface area contributed by atoms with Crippen LogP contribution in [0.2, 0.25) is 0 Å². The van der Waals surface area contributed by atoms with Gasteiger partial charge in [-0.2, -0.15) is 0 Å². The van der Waals surface area contributed by atoms with Gasteiger partial charge in [0.25, 0.3) is 0 Å². The fraction of sp³-hybridized carbons (Fsp3) is 0.600. The molecule has 3 aliphatic rings. The number of fused-ring (bicyclic) bond motifs is 1. The van der Waals surface area contributed by atoms with Gasteiger partial charge in [-0.3, -0.25) is 9.59 Å². The summed E-state index contributed by atoms with van der Waals surface area (Å²) in [6.45, 7) is 1.49. The molecule has 2 fully saturated rings. The fourth-order valence-corrected chi connectivity index (χ4v) is 4.20. The van der Waals surface area contributed by atoms with Crippen LogP contribution in [0, 0.1) is 5.92 Å². The number of aliphatic hydroxyl groups is 1. The highest BCUT2D eigenvalue weighted by molar-refractivity contribution is 5.85. The number of nitrogens with zero attached hydrogens (tertiary/aromatic N) is 1. The van der Waals surface area contributed by atoms with Crippen LogP contribution in [0.15, 0.2) is 18.2 Å². The molecule has 2 heterocycles. The van der Waals surface area contributed by atoms with Gasteiger partial charge in [-0.15, -0.1) is 0 Å². The molecule has 2 aliphatic heterocycles. The Labute approximate surface area is 153 Å². The van der Waals surface area contributed by atoms with E-state index in [9.17, 15) is 14.7 Å². The van der Waals surface area contributed by atoms with E-state index in [0.717, 1.165) is 30.6 Å². The first-order valence-electron chi connectivity index (χ1n) is 9.61. The molecule has 0 unspecified atom stereocenters. The minimum Gasteiger partial charge on any atom is -0.493 e. The molecule has 0 radical (unpaired) electrons. The predicted molar refractivity (Wildman–Crippen MR) is 95.7 cm³/mol. The number of nitrogens with one attached hydrogen (secondary N) is 1. The van der Waals surface area contributed by atoms with E-state index in [1.807, 2.05) is 12.1 Å². The number of carbonyl (C=O) groups excluding carboxylic acids is 2. The Morgan fingerprint density at radius 1 is 1.31 bits per heavy atom. The molecule has 1 saturated heterocycles. The number of amides is 2. The highest BCUT2D eigenvalue weighted by Crippen LogP contribution is 2.39. The van der Waals surface area contributed by atoms with Gasteiger partial charge in [-0.05, 0) is 54.9 Å². The minimum absolute atomic E-state index is 0.0664. The molecule has 0 spiro atoms. The fourth-order valence-electron chi connectivity index (χ4n) is 4.20. The van der Waals surface area contributed by atoms with E-state index in [0.29, 0.717) is 32.4 Å². The summed E-state index contributed by atoms with van der Waals surface area (Å²) in [4.78, 5) is 26.2. The van der Waals surface area contributed by atoms with E-state index in [4.69, 9.17) is 4.74 Å². The summed E-state index contributed by atoms with van der Waals surface area (Å²) in [5, 5.41) is 12.8. The van der Waals surface area contributed by atoms with E-state index >= 15 is 0 Å². The summed E-state index contributed by atoms with van der Waals surface area (Å²) in [5.74, 6) is 1.10. The smallest absolute Gasteiger partial charge is 0.240 e. The summed E-state index contributed by atoms with van der Waals surface area (Å²) in [7, 11) is 0. The van der Waals surface area contributed by atoms with Gasteiger partial charge in [0.05, 0.1) is 25.3 Å². The highest BCUT2D eigenvalue weighted by atomic mass is 16.5. The average molecular weight is 358 g/mol. The molecule has 1 aliphatic carbocycles. The molecule has 1 aromatic carbocycles. The van der Waals surface area contributed by atoms with E-state index in [1.54, 1.807) is 4.90 Å². The van der Waals surface area contributed by atoms with Crippen LogP contribution in [0.3, 0.4) is 0 Å². The topological polar surface area (TPSA) is 78.9 Å². The number of rotatable bonds is 5. The van der Waals surface area contributed by atoms with Crippen LogP contribution in [-0.4, -0.2) is 47.6 Å². The Morgan fingerprint density at radius 3 is 2.92 bits per heavy atom. The molecule has 0 aromatic heterocycles. The van der Waals surface area contributed by atoms with Crippen LogP contribution in [0.1, 0.15) is 49.3 Å². The van der Waals surface area contributed by atoms with Crippen molar-refractivity contribution < 1.29 is 19.4 Å². The van der Waals surface area contributed by atoms with Crippen molar-refractivity contribution >= 4 is 11.8 Å². The van der Waals surface area contributed by atoms with Gasteiger partial charge in [0.15, 0.2) is 0 Å². The lowest BCUT2D eigenvalue weighted by Crippen LogP contribution is -2.47. The summed E-state index contributed by atoms with van der Waals surface area (Å²) >= 11 is 0. The molecule has 1 atom stereocenters. The molecule has 6 heteroatoms. The van der Waals surface area contributed by atoms with E-state index in [-0.39, 0.29) is 36.4 Å². The van der Waals surface area contributed by atoms with Crippen molar-refractivity contribution in [3.05, 3.63) is 29.3 Å². The maximum atomic E-state index is 12.6. The standard InChI is InChI=1S/C20H26N2O4/c23-16-10-15(11-16)20(14-4-5-17-13(9-14)6-8-26-17)21-18(24)12-22-7-2-1-3-19(22)25/h4-5,9,15-16,20,23H,1-3,6-8,10-12H2,(H,21,24)/t15?,16?,20-/m1/s1. The van der Waals surface area contributed by atoms with Crippen molar-refractivity contribution in [3.63, 3.8) is 0 Å². The zero-order chi connectivity index (χ0) is 18.1. The van der Waals surface area contributed by atoms with Crippen molar-refractivity contribution in [2.24, 2.45) is 5.92 Å². The first-order chi connectivity index (χ1) is 12.6. The monoisotopic (exact) mass is 358 g/mol. The molecule has 140 valence electrons. The number of likely N-dealkylation sites (tertiary alicyclic amines) is 1. The van der Waals surface area contributed by atoms with Crippen molar-refractivity contribution in [2.75, 3.05) is 19.7 Å². The van der Waals surface area contributed by atoms with Gasteiger partial charge < -0.3 is 20.1 Å². The molecule has 26 heavy (non-hydrogen) atoms. The quantitative estimate of drug-likeness (QED) is 0.837. The summed E-state index contributed by atoms with van der Waals surface area (Å²) in [6.07, 6.45) is 4.41. The third kappa shape index (κ3) is 3.56. The van der Waals surface area contributed by atoms with Crippen LogP contribution < -0.4 is 10.1 Å². The van der Waals surface area contributed by atoms with Gasteiger partial charge in [-0.25, -0.2) is 0 Å². The first kappa shape index (κ1) is 17.3. The van der Waals surface area contributed by atoms with Crippen LogP contribution in [-0.2, 0) is 16.0 Å². The number of benzene rings is 1. The van der Waals surface area contributed by atoms with Crippen molar-refractivity contribution in [1.82, 2.24) is 10.2 Å². The lowest BCUT2D eigenvalue weighted by molar-refractivity contribution is -0.138. The third-order valence-electron chi connectivity index (χ3n) is 5.77. The number of hydrogen-bond acceptors (Lipinski definition) is 4. The Hall–Kier alpha value is -2.08. The first-order valence-corrected chi connectivity index (χ1v) is 9.61. The van der Waals surface area contributed by atoms with E-state index in [2.05, 4.69) is 11.4 Å². The predicted octanol–water partition coefficient (Wildman–Crippen LogP) is 1.56. The molecule has 0 bridgehead atoms. The second kappa shape index (κ2) is 7.27. The normalized spacial score (nSPS) is 25.9. The van der Waals surface area contributed by atoms with Crippen LogP contribution >= 0.6 is 0 Å². The van der Waals surface area contributed by atoms with Gasteiger partial charge in [0, 0.05) is 19.4 Å². The van der Waals surface area contributed by atoms with Crippen LogP contribution in [0.5, 0.6) is 5.75 Å². The summed E-state index contributed by atoms with van der Waals surface area (Å²) in [6, 6.07) is 5.97. The Bertz CT molecular complexity index is 699. The molecule has 4 rings (SSSR count). The maximum Gasteiger partial charge on any atom is 0.240 e. The zero-order valence-corrected chi connectivity index (χ0v) is 14.9. The Kier molecular flexibility index (Phi) is 4.85. The van der Waals surface area contributed by atoms with E-state index in [1.165, 1.54) is 5.56 Å². The van der Waals surface area contributed by atoms with Crippen molar-refractivity contribution in [1.29, 1.82) is 0 Å². The zero-order valence-electron chi connectivity index (χ0n) is 14.9. The summed E-state index contributed by atoms with van der Waals surface area (Å²) < 4.78 is 5.57. The molecule has 1 aromatic rings. The van der Waals surface area contributed by atoms with Crippen LogP contribution in [0.4, 0.5) is 0 Å². The Morgan fingerprint density at radius 2 is 2.15 bits per heavy atom. The second-order valence-electron chi connectivity index (χ2n) is 7.67. The number of carbonyl (C=O) groups is 2. The summed E-state index contributed by atoms with van der Waals surface area (Å²) in [5.41, 5.74) is 2.23. The number of piperidine rings is 1. The molecular formula is C20H26N2O4. The van der Waals surface area contributed by atoms with E-state index < -0.39 is 0 Å². The highest BCUT2D eigenvalue weighted by Gasteiger charge is 2.36. The maximum absolute atomic E-state index is 12.6. The second-order valence-corrected chi connectivity index (χ2v) is 7.67. The average Bonchev–Trinajstić information content (AvgIpc) is 3.07. The van der Waals surface area contributed by atoms with Gasteiger partial charge in [-0.1, -0.05) is 6.07 Å². The van der Waals surface area contributed by atoms with Crippen molar-refractivity contribution in [2.45, 2.75) is 50.7 Å². The molecule has 6 nitrogen and oxygen atoms in total. The minimum atomic E-state index is -0.277. The number of ether oxygens (including phenoxy) is 1. The molecule has 1 saturated carbocycles. The number of hydrogen-bond donors (Lipinski definition) is 2. The van der Waals surface area contributed by atoms with Gasteiger partial charge >= 0.3 is 0 Å². The number of aliphatic hydroxyl groups excluding tert-OH is 1. The largest absolute Gasteiger partial charge is 0.493 e. The Balaban J connectivity index is 1.47. The lowest BCUT2D eigenvalue weighted by atomic mass is 9.75. The molecule has 2 amide bonds. The third-order valence-corrected chi connectivity index (χ3v) is 5.77.